The predicted octanol–water partition coefficient (Wildman–Crippen LogP) is 2.96. The first-order valence-electron chi connectivity index (χ1n) is 5.48. The van der Waals surface area contributed by atoms with Crippen LogP contribution >= 0.6 is 11.6 Å². The summed E-state index contributed by atoms with van der Waals surface area (Å²) in [5.41, 5.74) is 0.285. The van der Waals surface area contributed by atoms with Crippen molar-refractivity contribution in [2.24, 2.45) is 0 Å². The van der Waals surface area contributed by atoms with Crippen LogP contribution in [-0.2, 0) is 16.6 Å². The van der Waals surface area contributed by atoms with Crippen LogP contribution in [0.5, 0.6) is 0 Å². The smallest absolute Gasteiger partial charge is 0.207 e. The average Bonchev–Trinajstić information content (AvgIpc) is 2.38. The maximum atomic E-state index is 13.4. The summed E-state index contributed by atoms with van der Waals surface area (Å²) >= 11 is 5.74. The zero-order valence-corrected chi connectivity index (χ0v) is 11.4. The lowest BCUT2D eigenvalue weighted by Crippen LogP contribution is -2.23. The fourth-order valence-corrected chi connectivity index (χ4v) is 2.84. The number of benzene rings is 2. The van der Waals surface area contributed by atoms with Crippen molar-refractivity contribution in [1.82, 2.24) is 4.72 Å². The number of hydrogen-bond acceptors (Lipinski definition) is 2. The van der Waals surface area contributed by atoms with Crippen molar-refractivity contribution in [3.8, 4) is 0 Å². The molecule has 0 spiro atoms. The van der Waals surface area contributed by atoms with Gasteiger partial charge in [-0.05, 0) is 24.3 Å². The molecular weight excluding hydrogens is 289 g/mol. The van der Waals surface area contributed by atoms with Crippen molar-refractivity contribution in [3.63, 3.8) is 0 Å². The summed E-state index contributed by atoms with van der Waals surface area (Å²) in [5, 5.41) is 0.328. The van der Waals surface area contributed by atoms with Crippen molar-refractivity contribution in [2.75, 3.05) is 0 Å². The molecule has 3 nitrogen and oxygen atoms in total. The predicted molar refractivity (Wildman–Crippen MR) is 71.9 cm³/mol. The van der Waals surface area contributed by atoms with Gasteiger partial charge < -0.3 is 0 Å². The van der Waals surface area contributed by atoms with Gasteiger partial charge in [0.15, 0.2) is 0 Å². The van der Waals surface area contributed by atoms with Gasteiger partial charge in [0, 0.05) is 17.1 Å². The molecule has 0 saturated heterocycles. The van der Waals surface area contributed by atoms with Gasteiger partial charge >= 0.3 is 0 Å². The third-order valence-corrected chi connectivity index (χ3v) is 4.15. The first-order chi connectivity index (χ1) is 8.99. The van der Waals surface area contributed by atoms with Crippen LogP contribution in [0.3, 0.4) is 0 Å². The molecule has 0 aromatic heterocycles. The van der Waals surface area contributed by atoms with Crippen molar-refractivity contribution in [1.29, 1.82) is 0 Å². The van der Waals surface area contributed by atoms with Crippen LogP contribution in [-0.4, -0.2) is 8.42 Å². The molecule has 100 valence electrons. The summed E-state index contributed by atoms with van der Waals surface area (Å²) in [6, 6.07) is 11.9. The third kappa shape index (κ3) is 3.53. The number of rotatable bonds is 4. The van der Waals surface area contributed by atoms with E-state index in [1.165, 1.54) is 24.3 Å². The highest BCUT2D eigenvalue weighted by Gasteiger charge is 2.14. The van der Waals surface area contributed by atoms with E-state index in [-0.39, 0.29) is 17.0 Å². The van der Waals surface area contributed by atoms with E-state index >= 15 is 0 Å². The van der Waals surface area contributed by atoms with Crippen LogP contribution in [0, 0.1) is 5.82 Å². The number of hydrogen-bond donors (Lipinski definition) is 1. The molecule has 2 rings (SSSR count). The van der Waals surface area contributed by atoms with Gasteiger partial charge in [-0.15, -0.1) is 0 Å². The van der Waals surface area contributed by atoms with E-state index in [4.69, 9.17) is 11.6 Å². The Labute approximate surface area is 116 Å². The summed E-state index contributed by atoms with van der Waals surface area (Å²) in [5.74, 6) is -0.448. The third-order valence-electron chi connectivity index (χ3n) is 2.52. The minimum Gasteiger partial charge on any atom is -0.207 e. The highest BCUT2D eigenvalue weighted by Crippen LogP contribution is 2.16. The molecule has 0 aliphatic carbocycles. The Balaban J connectivity index is 2.17. The second-order valence-corrected chi connectivity index (χ2v) is 6.08. The van der Waals surface area contributed by atoms with Gasteiger partial charge in [0.05, 0.1) is 4.90 Å². The van der Waals surface area contributed by atoms with Crippen molar-refractivity contribution < 1.29 is 12.8 Å². The van der Waals surface area contributed by atoms with Gasteiger partial charge in [-0.25, -0.2) is 17.5 Å². The van der Waals surface area contributed by atoms with Crippen LogP contribution in [0.15, 0.2) is 53.4 Å². The zero-order valence-electron chi connectivity index (χ0n) is 9.81. The average molecular weight is 300 g/mol. The second kappa shape index (κ2) is 5.69. The molecule has 0 aliphatic heterocycles. The largest absolute Gasteiger partial charge is 0.240 e. The summed E-state index contributed by atoms with van der Waals surface area (Å²) in [7, 11) is -3.70. The Bertz CT molecular complexity index is 689. The molecule has 0 unspecified atom stereocenters. The lowest BCUT2D eigenvalue weighted by molar-refractivity contribution is 0.574. The molecule has 0 saturated carbocycles. The SMILES string of the molecule is O=S(=O)(NCc1ccccc1F)c1cccc(Cl)c1. The Morgan fingerprint density at radius 2 is 1.84 bits per heavy atom. The zero-order chi connectivity index (χ0) is 13.9. The van der Waals surface area contributed by atoms with Crippen LogP contribution < -0.4 is 4.72 Å². The van der Waals surface area contributed by atoms with Crippen LogP contribution in [0.2, 0.25) is 5.02 Å². The van der Waals surface area contributed by atoms with E-state index in [9.17, 15) is 12.8 Å². The van der Waals surface area contributed by atoms with E-state index in [0.29, 0.717) is 5.02 Å². The summed E-state index contributed by atoms with van der Waals surface area (Å²) < 4.78 is 39.7. The molecule has 1 N–H and O–H groups in total. The number of halogens is 2. The standard InChI is InChI=1S/C13H11ClFNO2S/c14-11-5-3-6-12(8-11)19(17,18)16-9-10-4-1-2-7-13(10)15/h1-8,16H,9H2. The van der Waals surface area contributed by atoms with Gasteiger partial charge in [-0.2, -0.15) is 0 Å². The van der Waals surface area contributed by atoms with Gasteiger partial charge in [-0.1, -0.05) is 35.9 Å². The quantitative estimate of drug-likeness (QED) is 0.943. The van der Waals surface area contributed by atoms with Crippen molar-refractivity contribution >= 4 is 21.6 Å². The van der Waals surface area contributed by atoms with E-state index in [1.54, 1.807) is 24.3 Å². The fourth-order valence-electron chi connectivity index (χ4n) is 1.53. The molecule has 0 aliphatic rings. The minimum atomic E-state index is -3.70. The molecule has 0 atom stereocenters. The highest BCUT2D eigenvalue weighted by atomic mass is 35.5. The number of sulfonamides is 1. The van der Waals surface area contributed by atoms with Crippen LogP contribution in [0.25, 0.3) is 0 Å². The molecular formula is C13H11ClFNO2S. The van der Waals surface area contributed by atoms with Gasteiger partial charge in [0.25, 0.3) is 0 Å². The highest BCUT2D eigenvalue weighted by molar-refractivity contribution is 7.89. The van der Waals surface area contributed by atoms with Gasteiger partial charge in [0.1, 0.15) is 5.82 Å². The normalized spacial score (nSPS) is 11.5. The summed E-state index contributed by atoms with van der Waals surface area (Å²) in [6.45, 7) is -0.110. The lowest BCUT2D eigenvalue weighted by Gasteiger charge is -2.07. The van der Waals surface area contributed by atoms with Crippen molar-refractivity contribution in [2.45, 2.75) is 11.4 Å². The first kappa shape index (κ1) is 14.0. The topological polar surface area (TPSA) is 46.2 Å². The minimum absolute atomic E-state index is 0.0522. The van der Waals surface area contributed by atoms with E-state index in [2.05, 4.69) is 4.72 Å². The molecule has 19 heavy (non-hydrogen) atoms. The van der Waals surface area contributed by atoms with E-state index in [1.807, 2.05) is 0 Å². The Kier molecular flexibility index (Phi) is 4.19. The molecule has 0 amide bonds. The maximum Gasteiger partial charge on any atom is 0.240 e. The van der Waals surface area contributed by atoms with Gasteiger partial charge in [-0.3, -0.25) is 0 Å². The molecule has 0 heterocycles. The Hall–Kier alpha value is -1.43. The van der Waals surface area contributed by atoms with Crippen LogP contribution in [0.1, 0.15) is 5.56 Å². The van der Waals surface area contributed by atoms with E-state index < -0.39 is 15.8 Å². The molecule has 6 heteroatoms. The first-order valence-corrected chi connectivity index (χ1v) is 7.34. The fraction of sp³-hybridized carbons (Fsp3) is 0.0769. The monoisotopic (exact) mass is 299 g/mol. The Morgan fingerprint density at radius 3 is 2.53 bits per heavy atom. The molecule has 0 bridgehead atoms. The number of nitrogens with one attached hydrogen (secondary N) is 1. The van der Waals surface area contributed by atoms with Gasteiger partial charge in [0.2, 0.25) is 10.0 Å². The van der Waals surface area contributed by atoms with Crippen LogP contribution in [0.4, 0.5) is 4.39 Å². The summed E-state index contributed by atoms with van der Waals surface area (Å²) in [4.78, 5) is 0.0522. The maximum absolute atomic E-state index is 13.4. The lowest BCUT2D eigenvalue weighted by atomic mass is 10.2. The van der Waals surface area contributed by atoms with Crippen molar-refractivity contribution in [3.05, 3.63) is 64.9 Å². The molecule has 2 aromatic rings. The summed E-state index contributed by atoms with van der Waals surface area (Å²) in [6.07, 6.45) is 0. The Morgan fingerprint density at radius 1 is 1.11 bits per heavy atom. The van der Waals surface area contributed by atoms with E-state index in [0.717, 1.165) is 0 Å². The molecule has 0 radical (unpaired) electrons. The molecule has 2 aromatic carbocycles. The second-order valence-electron chi connectivity index (χ2n) is 3.87. The molecule has 0 fully saturated rings.